The Kier molecular flexibility index (Phi) is 3.86. The van der Waals surface area contributed by atoms with Crippen molar-refractivity contribution in [2.24, 2.45) is 0 Å². The summed E-state index contributed by atoms with van der Waals surface area (Å²) >= 11 is 0. The van der Waals surface area contributed by atoms with E-state index in [-0.39, 0.29) is 6.10 Å². The normalized spacial score (nSPS) is 19.4. The monoisotopic (exact) mass is 308 g/mol. The van der Waals surface area contributed by atoms with Gasteiger partial charge in [0.25, 0.3) is 0 Å². The summed E-state index contributed by atoms with van der Waals surface area (Å²) in [6, 6.07) is 6.36. The number of benzene rings is 1. The molecule has 0 atom stereocenters. The van der Waals surface area contributed by atoms with Crippen LogP contribution in [0.25, 0.3) is 0 Å². The minimum absolute atomic E-state index is 0.170. The molecule has 1 aromatic rings. The number of alkyl halides is 4. The van der Waals surface area contributed by atoms with E-state index in [1.54, 1.807) is 32.0 Å². The summed E-state index contributed by atoms with van der Waals surface area (Å²) in [4.78, 5) is 0. The van der Waals surface area contributed by atoms with Crippen LogP contribution >= 0.6 is 0 Å². The second-order valence-corrected chi connectivity index (χ2v) is 4.85. The molecule has 0 saturated heterocycles. The van der Waals surface area contributed by atoms with E-state index in [4.69, 9.17) is 4.74 Å². The number of rotatable bonds is 5. The number of para-hydroxylation sites is 1. The largest absolute Gasteiger partial charge is 0.491 e. The predicted octanol–water partition coefficient (Wildman–Crippen LogP) is 4.46. The molecule has 0 fully saturated rings. The van der Waals surface area contributed by atoms with Crippen LogP contribution in [0.1, 0.15) is 19.4 Å². The van der Waals surface area contributed by atoms with Gasteiger partial charge in [0.05, 0.1) is 6.10 Å². The highest BCUT2D eigenvalue weighted by molar-refractivity contribution is 5.37. The molecule has 2 nitrogen and oxygen atoms in total. The quantitative estimate of drug-likeness (QED) is 0.748. The van der Waals surface area contributed by atoms with Gasteiger partial charge < -0.3 is 9.47 Å². The van der Waals surface area contributed by atoms with Crippen LogP contribution < -0.4 is 4.74 Å². The van der Waals surface area contributed by atoms with E-state index < -0.39 is 30.0 Å². The maximum atomic E-state index is 13.0. The molecule has 0 unspecified atom stereocenters. The van der Waals surface area contributed by atoms with Gasteiger partial charge in [-0.3, -0.25) is 0 Å². The second kappa shape index (κ2) is 5.20. The van der Waals surface area contributed by atoms with Crippen LogP contribution in [-0.4, -0.2) is 17.9 Å². The zero-order valence-corrected chi connectivity index (χ0v) is 11.3. The highest BCUT2D eigenvalue weighted by atomic mass is 19.3. The minimum atomic E-state index is -4.80. The average molecular weight is 308 g/mol. The van der Waals surface area contributed by atoms with Gasteiger partial charge in [0.1, 0.15) is 12.4 Å². The Morgan fingerprint density at radius 1 is 1.05 bits per heavy atom. The first kappa shape index (κ1) is 15.6. The number of hydrogen-bond donors (Lipinski definition) is 0. The van der Waals surface area contributed by atoms with Crippen molar-refractivity contribution in [3.8, 4) is 5.75 Å². The Morgan fingerprint density at radius 2 is 1.67 bits per heavy atom. The molecule has 21 heavy (non-hydrogen) atoms. The van der Waals surface area contributed by atoms with Crippen LogP contribution in [0, 0.1) is 0 Å². The first-order valence-corrected chi connectivity index (χ1v) is 6.21. The van der Waals surface area contributed by atoms with E-state index in [1.165, 1.54) is 6.07 Å². The molecule has 1 aliphatic carbocycles. The topological polar surface area (TPSA) is 18.5 Å². The van der Waals surface area contributed by atoms with Gasteiger partial charge >= 0.3 is 11.8 Å². The number of ether oxygens (including phenoxy) is 2. The standard InChI is InChI=1S/C14H13F5O2/c1-8(2)21-10-6-4-3-5-9(10)7-20-12-11(15)13(16,17)14(12,18)19/h3-6,8H,7H2,1-2H3. The van der Waals surface area contributed by atoms with Gasteiger partial charge in [0.15, 0.2) is 0 Å². The molecule has 0 aliphatic heterocycles. The molecule has 1 aromatic carbocycles. The first-order valence-electron chi connectivity index (χ1n) is 6.21. The van der Waals surface area contributed by atoms with Crippen molar-refractivity contribution in [2.45, 2.75) is 38.4 Å². The van der Waals surface area contributed by atoms with Gasteiger partial charge in [0, 0.05) is 5.56 Å². The molecular formula is C14H13F5O2. The molecule has 0 bridgehead atoms. The van der Waals surface area contributed by atoms with E-state index >= 15 is 0 Å². The summed E-state index contributed by atoms with van der Waals surface area (Å²) in [6.07, 6.45) is -0.170. The van der Waals surface area contributed by atoms with Crippen LogP contribution in [0.15, 0.2) is 35.9 Å². The fraction of sp³-hybridized carbons (Fsp3) is 0.429. The number of hydrogen-bond acceptors (Lipinski definition) is 2. The van der Waals surface area contributed by atoms with Gasteiger partial charge in [-0.05, 0) is 19.9 Å². The van der Waals surface area contributed by atoms with Crippen LogP contribution in [0.2, 0.25) is 0 Å². The molecule has 116 valence electrons. The van der Waals surface area contributed by atoms with E-state index in [2.05, 4.69) is 4.74 Å². The number of allylic oxidation sites excluding steroid dienone is 2. The number of halogens is 5. The molecule has 0 heterocycles. The Labute approximate surface area is 118 Å². The van der Waals surface area contributed by atoms with Crippen molar-refractivity contribution in [2.75, 3.05) is 0 Å². The smallest absolute Gasteiger partial charge is 0.375 e. The zero-order chi connectivity index (χ0) is 15.8. The maximum absolute atomic E-state index is 13.0. The Bertz CT molecular complexity index is 566. The summed E-state index contributed by atoms with van der Waals surface area (Å²) in [5, 5.41) is 0. The summed E-state index contributed by atoms with van der Waals surface area (Å²) in [7, 11) is 0. The van der Waals surface area contributed by atoms with E-state index in [9.17, 15) is 22.0 Å². The highest BCUT2D eigenvalue weighted by Gasteiger charge is 2.74. The third kappa shape index (κ3) is 2.56. The molecule has 0 aromatic heterocycles. The fourth-order valence-corrected chi connectivity index (χ4v) is 1.79. The van der Waals surface area contributed by atoms with E-state index in [0.29, 0.717) is 11.3 Å². The lowest BCUT2D eigenvalue weighted by atomic mass is 9.96. The van der Waals surface area contributed by atoms with Crippen molar-refractivity contribution in [1.82, 2.24) is 0 Å². The van der Waals surface area contributed by atoms with Crippen molar-refractivity contribution >= 4 is 0 Å². The molecule has 7 heteroatoms. The molecule has 0 spiro atoms. The van der Waals surface area contributed by atoms with E-state index in [1.807, 2.05) is 0 Å². The maximum Gasteiger partial charge on any atom is 0.375 e. The summed E-state index contributed by atoms with van der Waals surface area (Å²) < 4.78 is 74.3. The predicted molar refractivity (Wildman–Crippen MR) is 65.0 cm³/mol. The SMILES string of the molecule is CC(C)Oc1ccccc1COC1=C(F)C(F)(F)C1(F)F. The van der Waals surface area contributed by atoms with Crippen LogP contribution in [0.3, 0.4) is 0 Å². The molecule has 0 saturated carbocycles. The molecule has 1 aliphatic rings. The Hall–Kier alpha value is -1.79. The van der Waals surface area contributed by atoms with Crippen LogP contribution in [-0.2, 0) is 11.3 Å². The lowest BCUT2D eigenvalue weighted by Gasteiger charge is -2.35. The van der Waals surface area contributed by atoms with Crippen molar-refractivity contribution in [3.05, 3.63) is 41.4 Å². The fourth-order valence-electron chi connectivity index (χ4n) is 1.79. The van der Waals surface area contributed by atoms with Crippen LogP contribution in [0.5, 0.6) is 5.75 Å². The third-order valence-corrected chi connectivity index (χ3v) is 2.86. The Morgan fingerprint density at radius 3 is 2.24 bits per heavy atom. The zero-order valence-electron chi connectivity index (χ0n) is 11.3. The van der Waals surface area contributed by atoms with Crippen molar-refractivity contribution in [1.29, 1.82) is 0 Å². The minimum Gasteiger partial charge on any atom is -0.491 e. The molecule has 0 amide bonds. The van der Waals surface area contributed by atoms with Gasteiger partial charge in [-0.15, -0.1) is 0 Å². The summed E-state index contributed by atoms with van der Waals surface area (Å²) in [5.74, 6) is -12.9. The van der Waals surface area contributed by atoms with E-state index in [0.717, 1.165) is 0 Å². The lowest BCUT2D eigenvalue weighted by Crippen LogP contribution is -2.53. The molecule has 2 rings (SSSR count). The average Bonchev–Trinajstić information content (AvgIpc) is 2.39. The third-order valence-electron chi connectivity index (χ3n) is 2.86. The molecule has 0 radical (unpaired) electrons. The van der Waals surface area contributed by atoms with Crippen molar-refractivity contribution < 1.29 is 31.4 Å². The van der Waals surface area contributed by atoms with Gasteiger partial charge in [0.2, 0.25) is 11.6 Å². The highest BCUT2D eigenvalue weighted by Crippen LogP contribution is 2.56. The Balaban J connectivity index is 2.14. The molecular weight excluding hydrogens is 295 g/mol. The molecule has 0 N–H and O–H groups in total. The van der Waals surface area contributed by atoms with Gasteiger partial charge in [-0.25, -0.2) is 4.39 Å². The van der Waals surface area contributed by atoms with Gasteiger partial charge in [-0.2, -0.15) is 17.6 Å². The summed E-state index contributed by atoms with van der Waals surface area (Å²) in [5.41, 5.74) is 0.359. The first-order chi connectivity index (χ1) is 9.68. The lowest BCUT2D eigenvalue weighted by molar-refractivity contribution is -0.233. The summed E-state index contributed by atoms with van der Waals surface area (Å²) in [6.45, 7) is 3.04. The second-order valence-electron chi connectivity index (χ2n) is 4.85. The van der Waals surface area contributed by atoms with Crippen molar-refractivity contribution in [3.63, 3.8) is 0 Å². The van der Waals surface area contributed by atoms with Crippen LogP contribution in [0.4, 0.5) is 22.0 Å². The van der Waals surface area contributed by atoms with Gasteiger partial charge in [-0.1, -0.05) is 18.2 Å².